The van der Waals surface area contributed by atoms with Crippen LogP contribution in [0.25, 0.3) is 0 Å². The molecule has 1 N–H and O–H groups in total. The van der Waals surface area contributed by atoms with Gasteiger partial charge < -0.3 is 10.0 Å². The smallest absolute Gasteiger partial charge is 0.303 e. The molecule has 0 spiro atoms. The molecule has 2 rings (SSSR count). The van der Waals surface area contributed by atoms with Gasteiger partial charge in [0.1, 0.15) is 0 Å². The van der Waals surface area contributed by atoms with E-state index in [-0.39, 0.29) is 18.2 Å². The third-order valence-electron chi connectivity index (χ3n) is 3.22. The number of rotatable bonds is 5. The third kappa shape index (κ3) is 3.73. The van der Waals surface area contributed by atoms with Crippen LogP contribution < -0.4 is 0 Å². The number of carboxylic acids is 1. The zero-order valence-electron chi connectivity index (χ0n) is 10.8. The molecule has 1 fully saturated rings. The number of amides is 1. The average molecular weight is 279 g/mol. The van der Waals surface area contributed by atoms with Gasteiger partial charge in [-0.15, -0.1) is 11.8 Å². The number of aliphatic carboxylic acids is 1. The van der Waals surface area contributed by atoms with Crippen molar-refractivity contribution in [1.82, 2.24) is 4.90 Å². The number of nitrogens with zero attached hydrogens (tertiary/aromatic N) is 1. The van der Waals surface area contributed by atoms with Crippen LogP contribution in [0, 0.1) is 12.8 Å². The molecule has 1 aliphatic rings. The number of carbonyl (C=O) groups is 2. The SMILES string of the molecule is Cc1ccccc1SCC(=O)N1CC(CC(=O)O)C1. The van der Waals surface area contributed by atoms with E-state index in [1.54, 1.807) is 16.7 Å². The van der Waals surface area contributed by atoms with Gasteiger partial charge in [-0.3, -0.25) is 9.59 Å². The fourth-order valence-corrected chi connectivity index (χ4v) is 3.03. The molecule has 0 saturated carbocycles. The quantitative estimate of drug-likeness (QED) is 0.838. The molecule has 4 nitrogen and oxygen atoms in total. The molecule has 0 bridgehead atoms. The summed E-state index contributed by atoms with van der Waals surface area (Å²) < 4.78 is 0. The highest BCUT2D eigenvalue weighted by molar-refractivity contribution is 8.00. The van der Waals surface area contributed by atoms with Crippen molar-refractivity contribution in [1.29, 1.82) is 0 Å². The summed E-state index contributed by atoms with van der Waals surface area (Å²) in [4.78, 5) is 25.3. The highest BCUT2D eigenvalue weighted by Gasteiger charge is 2.31. The van der Waals surface area contributed by atoms with E-state index in [1.807, 2.05) is 31.2 Å². The number of aryl methyl sites for hydroxylation is 1. The zero-order valence-corrected chi connectivity index (χ0v) is 11.7. The first kappa shape index (κ1) is 13.9. The van der Waals surface area contributed by atoms with Crippen molar-refractivity contribution in [2.75, 3.05) is 18.8 Å². The van der Waals surface area contributed by atoms with Crippen LogP contribution in [-0.2, 0) is 9.59 Å². The summed E-state index contributed by atoms with van der Waals surface area (Å²) in [6.45, 7) is 3.19. The lowest BCUT2D eigenvalue weighted by molar-refractivity contribution is -0.143. The lowest BCUT2D eigenvalue weighted by atomic mass is 9.96. The molecule has 1 aromatic rings. The second-order valence-electron chi connectivity index (χ2n) is 4.82. The van der Waals surface area contributed by atoms with E-state index >= 15 is 0 Å². The van der Waals surface area contributed by atoms with E-state index in [2.05, 4.69) is 0 Å². The number of hydrogen-bond donors (Lipinski definition) is 1. The van der Waals surface area contributed by atoms with E-state index in [0.29, 0.717) is 18.8 Å². The number of likely N-dealkylation sites (tertiary alicyclic amines) is 1. The first-order valence-corrected chi connectivity index (χ1v) is 7.23. The molecule has 1 saturated heterocycles. The fourth-order valence-electron chi connectivity index (χ4n) is 2.10. The van der Waals surface area contributed by atoms with Crippen LogP contribution in [0.5, 0.6) is 0 Å². The van der Waals surface area contributed by atoms with Crippen molar-refractivity contribution < 1.29 is 14.7 Å². The van der Waals surface area contributed by atoms with Gasteiger partial charge in [0.25, 0.3) is 0 Å². The van der Waals surface area contributed by atoms with Crippen LogP contribution in [0.15, 0.2) is 29.2 Å². The number of hydrogen-bond acceptors (Lipinski definition) is 3. The number of benzene rings is 1. The van der Waals surface area contributed by atoms with Crippen LogP contribution in [0.2, 0.25) is 0 Å². The van der Waals surface area contributed by atoms with Crippen molar-refractivity contribution >= 4 is 23.6 Å². The highest BCUT2D eigenvalue weighted by Crippen LogP contribution is 2.24. The van der Waals surface area contributed by atoms with Gasteiger partial charge in [-0.2, -0.15) is 0 Å². The average Bonchev–Trinajstić information content (AvgIpc) is 2.31. The van der Waals surface area contributed by atoms with Crippen molar-refractivity contribution in [2.24, 2.45) is 5.92 Å². The van der Waals surface area contributed by atoms with Gasteiger partial charge in [0, 0.05) is 23.9 Å². The Bertz CT molecular complexity index is 483. The Morgan fingerprint density at radius 2 is 2.05 bits per heavy atom. The van der Waals surface area contributed by atoms with Gasteiger partial charge in [-0.05, 0) is 18.6 Å². The maximum Gasteiger partial charge on any atom is 0.303 e. The second-order valence-corrected chi connectivity index (χ2v) is 5.83. The monoisotopic (exact) mass is 279 g/mol. The third-order valence-corrected chi connectivity index (χ3v) is 4.38. The zero-order chi connectivity index (χ0) is 13.8. The summed E-state index contributed by atoms with van der Waals surface area (Å²) in [6, 6.07) is 7.98. The van der Waals surface area contributed by atoms with E-state index in [9.17, 15) is 9.59 Å². The van der Waals surface area contributed by atoms with Gasteiger partial charge in [-0.1, -0.05) is 18.2 Å². The normalized spacial score (nSPS) is 15.1. The van der Waals surface area contributed by atoms with Gasteiger partial charge in [-0.25, -0.2) is 0 Å². The van der Waals surface area contributed by atoms with Gasteiger partial charge in [0.2, 0.25) is 5.91 Å². The van der Waals surface area contributed by atoms with E-state index < -0.39 is 5.97 Å². The Hall–Kier alpha value is -1.49. The largest absolute Gasteiger partial charge is 0.481 e. The van der Waals surface area contributed by atoms with Gasteiger partial charge in [0.05, 0.1) is 12.2 Å². The van der Waals surface area contributed by atoms with Gasteiger partial charge >= 0.3 is 5.97 Å². The molecular formula is C14H17NO3S. The van der Waals surface area contributed by atoms with Crippen molar-refractivity contribution in [3.05, 3.63) is 29.8 Å². The molecule has 0 aromatic heterocycles. The predicted octanol–water partition coefficient (Wildman–Crippen LogP) is 2.02. The van der Waals surface area contributed by atoms with Crippen LogP contribution >= 0.6 is 11.8 Å². The first-order chi connectivity index (χ1) is 9.06. The second kappa shape index (κ2) is 6.10. The maximum atomic E-state index is 11.9. The molecule has 0 radical (unpaired) electrons. The Morgan fingerprint density at radius 3 is 2.68 bits per heavy atom. The molecule has 0 aliphatic carbocycles. The Balaban J connectivity index is 1.75. The molecule has 19 heavy (non-hydrogen) atoms. The van der Waals surface area contributed by atoms with E-state index in [0.717, 1.165) is 4.90 Å². The predicted molar refractivity (Wildman–Crippen MR) is 74.2 cm³/mol. The van der Waals surface area contributed by atoms with Crippen molar-refractivity contribution in [3.63, 3.8) is 0 Å². The minimum absolute atomic E-state index is 0.0925. The van der Waals surface area contributed by atoms with Crippen molar-refractivity contribution in [2.45, 2.75) is 18.2 Å². The fraction of sp³-hybridized carbons (Fsp3) is 0.429. The Labute approximate surface area is 116 Å². The molecule has 1 amide bonds. The molecule has 1 aromatic carbocycles. The molecule has 1 heterocycles. The maximum absolute atomic E-state index is 11.9. The van der Waals surface area contributed by atoms with Crippen LogP contribution in [0.1, 0.15) is 12.0 Å². The van der Waals surface area contributed by atoms with Crippen molar-refractivity contribution in [3.8, 4) is 0 Å². The van der Waals surface area contributed by atoms with Gasteiger partial charge in [0.15, 0.2) is 0 Å². The molecule has 5 heteroatoms. The minimum atomic E-state index is -0.786. The lowest BCUT2D eigenvalue weighted by Gasteiger charge is -2.38. The molecule has 0 unspecified atom stereocenters. The summed E-state index contributed by atoms with van der Waals surface area (Å²) in [7, 11) is 0. The number of carbonyl (C=O) groups excluding carboxylic acids is 1. The van der Waals surface area contributed by atoms with Crippen LogP contribution in [-0.4, -0.2) is 40.7 Å². The van der Waals surface area contributed by atoms with E-state index in [4.69, 9.17) is 5.11 Å². The summed E-state index contributed by atoms with van der Waals surface area (Å²) in [5.74, 6) is -0.142. The molecule has 1 aliphatic heterocycles. The summed E-state index contributed by atoms with van der Waals surface area (Å²) in [5, 5.41) is 8.65. The summed E-state index contributed by atoms with van der Waals surface area (Å²) in [5.41, 5.74) is 1.17. The van der Waals surface area contributed by atoms with E-state index in [1.165, 1.54) is 5.56 Å². The number of carboxylic acid groups (broad SMARTS) is 1. The molecule has 0 atom stereocenters. The Kier molecular flexibility index (Phi) is 4.47. The van der Waals surface area contributed by atoms with Crippen LogP contribution in [0.4, 0.5) is 0 Å². The summed E-state index contributed by atoms with van der Waals surface area (Å²) in [6.07, 6.45) is 0.161. The Morgan fingerprint density at radius 1 is 1.37 bits per heavy atom. The lowest BCUT2D eigenvalue weighted by Crippen LogP contribution is -2.51. The number of thioether (sulfide) groups is 1. The first-order valence-electron chi connectivity index (χ1n) is 6.24. The highest BCUT2D eigenvalue weighted by atomic mass is 32.2. The molecular weight excluding hydrogens is 262 g/mol. The summed E-state index contributed by atoms with van der Waals surface area (Å²) >= 11 is 1.54. The molecule has 102 valence electrons. The minimum Gasteiger partial charge on any atom is -0.481 e. The standard InChI is InChI=1S/C14H17NO3S/c1-10-4-2-3-5-12(10)19-9-13(16)15-7-11(8-15)6-14(17)18/h2-5,11H,6-9H2,1H3,(H,17,18). The van der Waals surface area contributed by atoms with Crippen LogP contribution in [0.3, 0.4) is 0 Å². The topological polar surface area (TPSA) is 57.6 Å².